The van der Waals surface area contributed by atoms with E-state index in [1.165, 1.54) is 7.11 Å². The van der Waals surface area contributed by atoms with Crippen molar-refractivity contribution < 1.29 is 23.8 Å². The zero-order valence-corrected chi connectivity index (χ0v) is 17.1. The Balaban J connectivity index is 1.47. The van der Waals surface area contributed by atoms with E-state index in [1.54, 1.807) is 16.7 Å². The fourth-order valence-electron chi connectivity index (χ4n) is 3.27. The second-order valence-electron chi connectivity index (χ2n) is 6.76. The topological polar surface area (TPSA) is 80.3 Å². The Labute approximate surface area is 169 Å². The molecule has 9 heteroatoms. The van der Waals surface area contributed by atoms with Crippen molar-refractivity contribution in [2.45, 2.75) is 19.0 Å². The number of nitrogens with one attached hydrogen (secondary N) is 1. The van der Waals surface area contributed by atoms with E-state index in [4.69, 9.17) is 14.2 Å². The third kappa shape index (κ3) is 5.23. The monoisotopic (exact) mass is 409 g/mol. The molecule has 8 nitrogen and oxygen atoms in total. The average molecular weight is 410 g/mol. The number of thioether (sulfide) groups is 1. The largest absolute Gasteiger partial charge is 0.467 e. The van der Waals surface area contributed by atoms with E-state index in [1.807, 2.05) is 24.5 Å². The van der Waals surface area contributed by atoms with E-state index in [0.717, 1.165) is 42.4 Å². The molecule has 3 rings (SSSR count). The average Bonchev–Trinajstić information content (AvgIpc) is 3.18. The van der Waals surface area contributed by atoms with E-state index >= 15 is 0 Å². The van der Waals surface area contributed by atoms with Gasteiger partial charge in [-0.2, -0.15) is 11.8 Å². The fraction of sp³-hybridized carbons (Fsp3) is 0.579. The lowest BCUT2D eigenvalue weighted by Gasteiger charge is -2.35. The Morgan fingerprint density at radius 3 is 2.68 bits per heavy atom. The van der Waals surface area contributed by atoms with Crippen molar-refractivity contribution in [1.82, 2.24) is 15.1 Å². The highest BCUT2D eigenvalue weighted by atomic mass is 32.2. The summed E-state index contributed by atoms with van der Waals surface area (Å²) in [5, 5.41) is 2.82. The van der Waals surface area contributed by atoms with Crippen LogP contribution in [-0.2, 0) is 16.1 Å². The number of carbonyl (C=O) groups is 2. The molecule has 1 fully saturated rings. The number of piperazine rings is 1. The number of fused-ring (bicyclic) bond motifs is 1. The number of urea groups is 1. The Morgan fingerprint density at radius 1 is 1.21 bits per heavy atom. The molecular formula is C19H27N3O5S. The third-order valence-corrected chi connectivity index (χ3v) is 5.54. The smallest absolute Gasteiger partial charge is 0.328 e. The number of nitrogens with zero attached hydrogens (tertiary/aromatic N) is 2. The molecule has 1 saturated heterocycles. The summed E-state index contributed by atoms with van der Waals surface area (Å²) in [7, 11) is 1.34. The first kappa shape index (κ1) is 20.6. The lowest BCUT2D eigenvalue weighted by molar-refractivity contribution is -0.142. The summed E-state index contributed by atoms with van der Waals surface area (Å²) in [6.45, 7) is 3.85. The Kier molecular flexibility index (Phi) is 7.27. The predicted octanol–water partition coefficient (Wildman–Crippen LogP) is 1.54. The molecule has 1 unspecified atom stereocenters. The van der Waals surface area contributed by atoms with Crippen LogP contribution in [-0.4, -0.2) is 79.9 Å². The molecule has 0 radical (unpaired) electrons. The number of benzene rings is 1. The van der Waals surface area contributed by atoms with E-state index in [-0.39, 0.29) is 12.8 Å². The highest BCUT2D eigenvalue weighted by Gasteiger charge is 2.26. The van der Waals surface area contributed by atoms with Gasteiger partial charge in [0.15, 0.2) is 11.5 Å². The molecule has 1 aromatic rings. The Hall–Kier alpha value is -2.13. The minimum absolute atomic E-state index is 0.209. The number of esters is 1. The van der Waals surface area contributed by atoms with Crippen molar-refractivity contribution >= 4 is 23.8 Å². The van der Waals surface area contributed by atoms with Gasteiger partial charge in [0, 0.05) is 32.7 Å². The summed E-state index contributed by atoms with van der Waals surface area (Å²) in [6, 6.07) is 5.17. The number of hydrogen-bond acceptors (Lipinski definition) is 7. The van der Waals surface area contributed by atoms with Gasteiger partial charge in [-0.3, -0.25) is 4.90 Å². The van der Waals surface area contributed by atoms with Crippen LogP contribution < -0.4 is 14.8 Å². The summed E-state index contributed by atoms with van der Waals surface area (Å²) in [5.74, 6) is 1.95. The quantitative estimate of drug-likeness (QED) is 0.684. The van der Waals surface area contributed by atoms with Gasteiger partial charge in [0.1, 0.15) is 6.04 Å². The van der Waals surface area contributed by atoms with Gasteiger partial charge >= 0.3 is 12.0 Å². The van der Waals surface area contributed by atoms with E-state index in [0.29, 0.717) is 19.5 Å². The first-order chi connectivity index (χ1) is 13.6. The van der Waals surface area contributed by atoms with Crippen LogP contribution in [0.3, 0.4) is 0 Å². The molecule has 154 valence electrons. The number of methoxy groups -OCH3 is 1. The molecule has 1 aromatic carbocycles. The zero-order chi connectivity index (χ0) is 19.9. The van der Waals surface area contributed by atoms with Crippen LogP contribution in [0, 0.1) is 0 Å². The summed E-state index contributed by atoms with van der Waals surface area (Å²) < 4.78 is 15.6. The highest BCUT2D eigenvalue weighted by Crippen LogP contribution is 2.32. The molecule has 28 heavy (non-hydrogen) atoms. The van der Waals surface area contributed by atoms with Gasteiger partial charge in [0.2, 0.25) is 6.79 Å². The molecule has 0 aromatic heterocycles. The minimum Gasteiger partial charge on any atom is -0.467 e. The van der Waals surface area contributed by atoms with Crippen LogP contribution in [0.5, 0.6) is 11.5 Å². The van der Waals surface area contributed by atoms with Crippen molar-refractivity contribution in [3.8, 4) is 11.5 Å². The number of carbonyl (C=O) groups excluding carboxylic acids is 2. The maximum absolute atomic E-state index is 12.5. The first-order valence-corrected chi connectivity index (χ1v) is 10.7. The van der Waals surface area contributed by atoms with Gasteiger partial charge in [-0.05, 0) is 36.1 Å². The summed E-state index contributed by atoms with van der Waals surface area (Å²) in [4.78, 5) is 28.5. The van der Waals surface area contributed by atoms with Crippen LogP contribution in [0.2, 0.25) is 0 Å². The van der Waals surface area contributed by atoms with Crippen molar-refractivity contribution in [3.63, 3.8) is 0 Å². The molecule has 0 saturated carbocycles. The molecular weight excluding hydrogens is 382 g/mol. The van der Waals surface area contributed by atoms with Crippen molar-refractivity contribution in [3.05, 3.63) is 23.8 Å². The second-order valence-corrected chi connectivity index (χ2v) is 7.74. The van der Waals surface area contributed by atoms with E-state index in [2.05, 4.69) is 10.2 Å². The standard InChI is InChI=1S/C19H27N3O5S/c1-25-18(23)15(5-10-28-2)20-19(24)22-8-6-21(7-9-22)12-14-3-4-16-17(11-14)27-13-26-16/h3-4,11,15H,5-10,12-13H2,1-2H3,(H,20,24). The number of rotatable bonds is 7. The highest BCUT2D eigenvalue weighted by molar-refractivity contribution is 7.98. The number of ether oxygens (including phenoxy) is 3. The lowest BCUT2D eigenvalue weighted by Crippen LogP contribution is -2.54. The molecule has 1 N–H and O–H groups in total. The number of amides is 2. The van der Waals surface area contributed by atoms with E-state index in [9.17, 15) is 9.59 Å². The van der Waals surface area contributed by atoms with Gasteiger partial charge in [-0.25, -0.2) is 9.59 Å². The second kappa shape index (κ2) is 9.88. The third-order valence-electron chi connectivity index (χ3n) is 4.90. The van der Waals surface area contributed by atoms with Gasteiger partial charge in [-0.1, -0.05) is 6.07 Å². The maximum Gasteiger partial charge on any atom is 0.328 e. The van der Waals surface area contributed by atoms with Gasteiger partial charge in [0.05, 0.1) is 7.11 Å². The van der Waals surface area contributed by atoms with Gasteiger partial charge in [-0.15, -0.1) is 0 Å². The summed E-state index contributed by atoms with van der Waals surface area (Å²) in [5.41, 5.74) is 1.16. The number of hydrogen-bond donors (Lipinski definition) is 1. The Bertz CT molecular complexity index is 694. The summed E-state index contributed by atoms with van der Waals surface area (Å²) in [6.07, 6.45) is 2.53. The van der Waals surface area contributed by atoms with Crippen molar-refractivity contribution in [1.29, 1.82) is 0 Å². The molecule has 0 aliphatic carbocycles. The first-order valence-electron chi connectivity index (χ1n) is 9.34. The van der Waals surface area contributed by atoms with Crippen molar-refractivity contribution in [2.75, 3.05) is 52.1 Å². The van der Waals surface area contributed by atoms with Gasteiger partial charge < -0.3 is 24.4 Å². The molecule has 0 bridgehead atoms. The summed E-state index contributed by atoms with van der Waals surface area (Å²) >= 11 is 1.63. The molecule has 2 aliphatic heterocycles. The molecule has 1 atom stereocenters. The molecule has 2 amide bonds. The SMILES string of the molecule is COC(=O)C(CCSC)NC(=O)N1CCN(Cc2ccc3c(c2)OCO3)CC1. The molecule has 0 spiro atoms. The van der Waals surface area contributed by atoms with Gasteiger partial charge in [0.25, 0.3) is 0 Å². The minimum atomic E-state index is -0.600. The molecule has 2 heterocycles. The zero-order valence-electron chi connectivity index (χ0n) is 16.3. The van der Waals surface area contributed by atoms with Crippen LogP contribution in [0.4, 0.5) is 4.79 Å². The lowest BCUT2D eigenvalue weighted by atomic mass is 10.1. The molecule has 2 aliphatic rings. The normalized spacial score (nSPS) is 17.3. The van der Waals surface area contributed by atoms with E-state index < -0.39 is 12.0 Å². The van der Waals surface area contributed by atoms with Crippen molar-refractivity contribution in [2.24, 2.45) is 0 Å². The van der Waals surface area contributed by atoms with Crippen LogP contribution in [0.1, 0.15) is 12.0 Å². The van der Waals surface area contributed by atoms with Crippen LogP contribution in [0.25, 0.3) is 0 Å². The predicted molar refractivity (Wildman–Crippen MR) is 107 cm³/mol. The Morgan fingerprint density at radius 2 is 1.96 bits per heavy atom. The van der Waals surface area contributed by atoms with Crippen LogP contribution in [0.15, 0.2) is 18.2 Å². The maximum atomic E-state index is 12.5. The van der Waals surface area contributed by atoms with Crippen LogP contribution >= 0.6 is 11.8 Å². The fourth-order valence-corrected chi connectivity index (χ4v) is 3.75.